The molecule has 0 spiro atoms. The van der Waals surface area contributed by atoms with Gasteiger partial charge in [-0.3, -0.25) is 4.79 Å². The number of fused-ring (bicyclic) bond motifs is 1. The number of carbonyl (C=O) groups is 1. The number of para-hydroxylation sites is 2. The predicted molar refractivity (Wildman–Crippen MR) is 109 cm³/mol. The van der Waals surface area contributed by atoms with Gasteiger partial charge in [-0.15, -0.1) is 11.8 Å². The van der Waals surface area contributed by atoms with E-state index in [1.807, 2.05) is 53.4 Å². The van der Waals surface area contributed by atoms with Crippen LogP contribution in [0.15, 0.2) is 57.8 Å². The van der Waals surface area contributed by atoms with Gasteiger partial charge in [0.1, 0.15) is 5.52 Å². The standard InChI is InChI=1S/C21H21ClN2O2S/c22-16-5-1-4-8-19(16)27-14-11-20(25)24-12-9-15(10-13-24)21-23-17-6-2-3-7-18(17)26-21/h1-8,15H,9-14H2. The van der Waals surface area contributed by atoms with Crippen molar-refractivity contribution < 1.29 is 9.21 Å². The maximum absolute atomic E-state index is 12.5. The first-order valence-corrected chi connectivity index (χ1v) is 10.6. The molecule has 4 rings (SSSR count). The van der Waals surface area contributed by atoms with Crippen molar-refractivity contribution in [3.63, 3.8) is 0 Å². The number of nitrogens with zero attached hydrogens (tertiary/aromatic N) is 2. The molecular weight excluding hydrogens is 380 g/mol. The lowest BCUT2D eigenvalue weighted by atomic mass is 9.96. The van der Waals surface area contributed by atoms with Crippen molar-refractivity contribution in [3.8, 4) is 0 Å². The van der Waals surface area contributed by atoms with E-state index in [4.69, 9.17) is 16.0 Å². The monoisotopic (exact) mass is 400 g/mol. The summed E-state index contributed by atoms with van der Waals surface area (Å²) in [6, 6.07) is 15.6. The number of hydrogen-bond donors (Lipinski definition) is 0. The molecule has 0 N–H and O–H groups in total. The zero-order valence-electron chi connectivity index (χ0n) is 14.9. The minimum absolute atomic E-state index is 0.213. The van der Waals surface area contributed by atoms with Crippen LogP contribution in [0.1, 0.15) is 31.1 Å². The summed E-state index contributed by atoms with van der Waals surface area (Å²) >= 11 is 7.80. The number of thioether (sulfide) groups is 1. The third kappa shape index (κ3) is 4.30. The fraction of sp³-hybridized carbons (Fsp3) is 0.333. The van der Waals surface area contributed by atoms with Gasteiger partial charge in [0.25, 0.3) is 0 Å². The van der Waals surface area contributed by atoms with Gasteiger partial charge in [-0.1, -0.05) is 35.9 Å². The quantitative estimate of drug-likeness (QED) is 0.540. The Morgan fingerprint density at radius 3 is 2.67 bits per heavy atom. The minimum Gasteiger partial charge on any atom is -0.440 e. The van der Waals surface area contributed by atoms with Crippen LogP contribution in [0.4, 0.5) is 0 Å². The van der Waals surface area contributed by atoms with Crippen molar-refractivity contribution in [1.29, 1.82) is 0 Å². The van der Waals surface area contributed by atoms with E-state index >= 15 is 0 Å². The van der Waals surface area contributed by atoms with E-state index in [1.54, 1.807) is 11.8 Å². The van der Waals surface area contributed by atoms with Crippen molar-refractivity contribution in [2.75, 3.05) is 18.8 Å². The first-order chi connectivity index (χ1) is 13.2. The van der Waals surface area contributed by atoms with Gasteiger partial charge in [0, 0.05) is 36.1 Å². The van der Waals surface area contributed by atoms with Crippen molar-refractivity contribution in [2.24, 2.45) is 0 Å². The van der Waals surface area contributed by atoms with Crippen molar-refractivity contribution in [1.82, 2.24) is 9.88 Å². The van der Waals surface area contributed by atoms with E-state index in [0.29, 0.717) is 12.3 Å². The SMILES string of the molecule is O=C(CCSc1ccccc1Cl)N1CCC(c2nc3ccccc3o2)CC1. The second kappa shape index (κ2) is 8.36. The Morgan fingerprint density at radius 2 is 1.89 bits per heavy atom. The summed E-state index contributed by atoms with van der Waals surface area (Å²) in [4.78, 5) is 20.1. The van der Waals surface area contributed by atoms with Crippen molar-refractivity contribution >= 4 is 40.4 Å². The van der Waals surface area contributed by atoms with Crippen molar-refractivity contribution in [3.05, 3.63) is 59.4 Å². The van der Waals surface area contributed by atoms with Crippen molar-refractivity contribution in [2.45, 2.75) is 30.1 Å². The van der Waals surface area contributed by atoms with E-state index in [-0.39, 0.29) is 5.91 Å². The second-order valence-corrected chi connectivity index (χ2v) is 8.25. The van der Waals surface area contributed by atoms with Gasteiger partial charge in [0.15, 0.2) is 11.5 Å². The minimum atomic E-state index is 0.213. The number of halogens is 1. The lowest BCUT2D eigenvalue weighted by Crippen LogP contribution is -2.38. The number of benzene rings is 2. The maximum atomic E-state index is 12.5. The number of piperidine rings is 1. The van der Waals surface area contributed by atoms with Crippen LogP contribution in [-0.4, -0.2) is 34.6 Å². The van der Waals surface area contributed by atoms with Crippen LogP contribution in [0, 0.1) is 0 Å². The lowest BCUT2D eigenvalue weighted by Gasteiger charge is -2.30. The smallest absolute Gasteiger partial charge is 0.223 e. The number of rotatable bonds is 5. The van der Waals surface area contributed by atoms with Crippen LogP contribution < -0.4 is 0 Å². The summed E-state index contributed by atoms with van der Waals surface area (Å²) in [5.74, 6) is 2.05. The highest BCUT2D eigenvalue weighted by atomic mass is 35.5. The highest BCUT2D eigenvalue weighted by molar-refractivity contribution is 7.99. The van der Waals surface area contributed by atoms with E-state index in [1.165, 1.54) is 0 Å². The number of likely N-dealkylation sites (tertiary alicyclic amines) is 1. The molecule has 1 aliphatic heterocycles. The Morgan fingerprint density at radius 1 is 1.15 bits per heavy atom. The topological polar surface area (TPSA) is 46.3 Å². The predicted octanol–water partition coefficient (Wildman–Crippen LogP) is 5.37. The molecule has 27 heavy (non-hydrogen) atoms. The van der Waals surface area contributed by atoms with Gasteiger partial charge in [0.2, 0.25) is 5.91 Å². The Hall–Kier alpha value is -1.98. The molecule has 1 aromatic heterocycles. The number of amides is 1. The molecule has 0 unspecified atom stereocenters. The van der Waals surface area contributed by atoms with Gasteiger partial charge in [-0.25, -0.2) is 4.98 Å². The normalized spacial score (nSPS) is 15.4. The average molecular weight is 401 g/mol. The molecule has 3 aromatic rings. The molecule has 2 heterocycles. The summed E-state index contributed by atoms with van der Waals surface area (Å²) in [5, 5.41) is 0.745. The highest BCUT2D eigenvalue weighted by Crippen LogP contribution is 2.31. The first kappa shape index (κ1) is 18.4. The molecule has 1 amide bonds. The summed E-state index contributed by atoms with van der Waals surface area (Å²) < 4.78 is 5.90. The molecule has 0 atom stereocenters. The zero-order chi connectivity index (χ0) is 18.6. The molecule has 2 aromatic carbocycles. The fourth-order valence-corrected chi connectivity index (χ4v) is 4.59. The number of oxazole rings is 1. The number of hydrogen-bond acceptors (Lipinski definition) is 4. The van der Waals surface area contributed by atoms with Crippen LogP contribution in [0.3, 0.4) is 0 Å². The van der Waals surface area contributed by atoms with Gasteiger partial charge in [-0.05, 0) is 37.1 Å². The maximum Gasteiger partial charge on any atom is 0.223 e. The molecule has 4 nitrogen and oxygen atoms in total. The molecule has 0 bridgehead atoms. The van der Waals surface area contributed by atoms with E-state index in [2.05, 4.69) is 4.98 Å². The fourth-order valence-electron chi connectivity index (χ4n) is 3.41. The van der Waals surface area contributed by atoms with Gasteiger partial charge < -0.3 is 9.32 Å². The Kier molecular flexibility index (Phi) is 5.69. The Labute approximate surface area is 167 Å². The molecule has 140 valence electrons. The summed E-state index contributed by atoms with van der Waals surface area (Å²) in [7, 11) is 0. The van der Waals surface area contributed by atoms with Gasteiger partial charge in [0.05, 0.1) is 5.02 Å². The van der Waals surface area contributed by atoms with E-state index < -0.39 is 0 Å². The summed E-state index contributed by atoms with van der Waals surface area (Å²) in [6.07, 6.45) is 2.33. The third-order valence-corrected chi connectivity index (χ3v) is 6.43. The zero-order valence-corrected chi connectivity index (χ0v) is 16.5. The largest absolute Gasteiger partial charge is 0.440 e. The van der Waals surface area contributed by atoms with E-state index in [0.717, 1.165) is 58.6 Å². The average Bonchev–Trinajstić information content (AvgIpc) is 3.14. The number of carbonyl (C=O) groups excluding carboxylic acids is 1. The first-order valence-electron chi connectivity index (χ1n) is 9.21. The molecular formula is C21H21ClN2O2S. The summed E-state index contributed by atoms with van der Waals surface area (Å²) in [5.41, 5.74) is 1.74. The Bertz CT molecular complexity index is 902. The van der Waals surface area contributed by atoms with Crippen LogP contribution in [0.2, 0.25) is 5.02 Å². The van der Waals surface area contributed by atoms with Gasteiger partial charge >= 0.3 is 0 Å². The molecule has 1 fully saturated rings. The molecule has 1 aliphatic rings. The van der Waals surface area contributed by atoms with Gasteiger partial charge in [-0.2, -0.15) is 0 Å². The second-order valence-electron chi connectivity index (χ2n) is 6.70. The highest BCUT2D eigenvalue weighted by Gasteiger charge is 2.26. The lowest BCUT2D eigenvalue weighted by molar-refractivity contribution is -0.131. The van der Waals surface area contributed by atoms with Crippen LogP contribution >= 0.6 is 23.4 Å². The van der Waals surface area contributed by atoms with E-state index in [9.17, 15) is 4.79 Å². The van der Waals surface area contributed by atoms with Crippen LogP contribution in [0.25, 0.3) is 11.1 Å². The number of aromatic nitrogens is 1. The third-order valence-electron chi connectivity index (χ3n) is 4.92. The molecule has 1 saturated heterocycles. The summed E-state index contributed by atoms with van der Waals surface area (Å²) in [6.45, 7) is 1.53. The molecule has 0 aliphatic carbocycles. The Balaban J connectivity index is 1.27. The van der Waals surface area contributed by atoms with Crippen LogP contribution in [0.5, 0.6) is 0 Å². The van der Waals surface area contributed by atoms with Crippen LogP contribution in [-0.2, 0) is 4.79 Å². The molecule has 0 saturated carbocycles. The molecule has 6 heteroatoms. The molecule has 0 radical (unpaired) electrons.